The summed E-state index contributed by atoms with van der Waals surface area (Å²) in [4.78, 5) is 29.8. The summed E-state index contributed by atoms with van der Waals surface area (Å²) in [6, 6.07) is 11.7. The summed E-state index contributed by atoms with van der Waals surface area (Å²) in [5.74, 6) is 0.521. The van der Waals surface area contributed by atoms with Gasteiger partial charge < -0.3 is 19.3 Å². The minimum atomic E-state index is -3.98. The second-order valence-electron chi connectivity index (χ2n) is 14.3. The van der Waals surface area contributed by atoms with Gasteiger partial charge in [0.15, 0.2) is 0 Å². The van der Waals surface area contributed by atoms with Gasteiger partial charge in [-0.1, -0.05) is 25.3 Å². The van der Waals surface area contributed by atoms with E-state index in [-0.39, 0.29) is 17.4 Å². The number of likely N-dealkylation sites (tertiary alicyclic amines) is 1. The quantitative estimate of drug-likeness (QED) is 0.398. The van der Waals surface area contributed by atoms with Crippen molar-refractivity contribution in [3.8, 4) is 17.0 Å². The number of nitrogens with zero attached hydrogens (tertiary/aromatic N) is 3. The van der Waals surface area contributed by atoms with Gasteiger partial charge in [0.1, 0.15) is 5.75 Å². The fourth-order valence-electron chi connectivity index (χ4n) is 8.20. The summed E-state index contributed by atoms with van der Waals surface area (Å²) in [5, 5.41) is 11.7. The molecule has 2 N–H and O–H groups in total. The second kappa shape index (κ2) is 11.1. The van der Waals surface area contributed by atoms with E-state index in [2.05, 4.69) is 21.4 Å². The van der Waals surface area contributed by atoms with Crippen molar-refractivity contribution in [1.82, 2.24) is 18.5 Å². The van der Waals surface area contributed by atoms with Crippen molar-refractivity contribution in [1.29, 1.82) is 0 Å². The van der Waals surface area contributed by atoms with E-state index in [1.807, 2.05) is 24.0 Å². The van der Waals surface area contributed by atoms with Gasteiger partial charge in [-0.2, -0.15) is 12.7 Å². The predicted octanol–water partition coefficient (Wildman–Crippen LogP) is 4.76. The molecule has 246 valence electrons. The first kappa shape index (κ1) is 31.2. The Morgan fingerprint density at radius 2 is 1.76 bits per heavy atom. The number of fused-ring (bicyclic) bond motifs is 7. The van der Waals surface area contributed by atoms with Crippen LogP contribution in [0.5, 0.6) is 5.75 Å². The van der Waals surface area contributed by atoms with Crippen LogP contribution in [-0.2, 0) is 21.5 Å². The van der Waals surface area contributed by atoms with Gasteiger partial charge in [-0.15, -0.1) is 0 Å². The molecule has 2 aliphatic carbocycles. The van der Waals surface area contributed by atoms with E-state index in [1.54, 1.807) is 19.2 Å². The average molecular weight is 649 g/mol. The highest BCUT2D eigenvalue weighted by molar-refractivity contribution is 7.87. The second-order valence-corrected chi connectivity index (χ2v) is 16.2. The molecule has 3 fully saturated rings. The molecule has 11 heteroatoms. The number of piperidine rings is 1. The van der Waals surface area contributed by atoms with Crippen molar-refractivity contribution in [2.75, 3.05) is 34.3 Å². The predicted molar refractivity (Wildman–Crippen MR) is 176 cm³/mol. The Bertz CT molecular complexity index is 1830. The smallest absolute Gasteiger partial charge is 0.303 e. The highest BCUT2D eigenvalue weighted by Crippen LogP contribution is 2.66. The van der Waals surface area contributed by atoms with Crippen LogP contribution in [0.4, 0.5) is 0 Å². The van der Waals surface area contributed by atoms with Crippen LogP contribution in [0.2, 0.25) is 0 Å². The molecule has 2 saturated carbocycles. The molecule has 0 spiro atoms. The van der Waals surface area contributed by atoms with Gasteiger partial charge in [-0.3, -0.25) is 9.59 Å². The minimum absolute atomic E-state index is 0.0124. The molecule has 7 rings (SSSR count). The molecule has 46 heavy (non-hydrogen) atoms. The van der Waals surface area contributed by atoms with Crippen molar-refractivity contribution in [3.63, 3.8) is 0 Å². The largest absolute Gasteiger partial charge is 0.497 e. The van der Waals surface area contributed by atoms with Gasteiger partial charge in [0.05, 0.1) is 23.8 Å². The molecule has 2 aliphatic heterocycles. The Morgan fingerprint density at radius 1 is 1.04 bits per heavy atom. The van der Waals surface area contributed by atoms with Crippen LogP contribution in [0.25, 0.3) is 22.2 Å². The molecule has 1 saturated heterocycles. The molecule has 0 bridgehead atoms. The highest BCUT2D eigenvalue weighted by atomic mass is 32.2. The molecule has 2 aromatic carbocycles. The molecule has 10 nitrogen and oxygen atoms in total. The number of aromatic nitrogens is 1. The number of hydrogen-bond acceptors (Lipinski definition) is 6. The molecule has 2 amide bonds. The van der Waals surface area contributed by atoms with E-state index in [9.17, 15) is 23.1 Å². The van der Waals surface area contributed by atoms with E-state index in [0.717, 1.165) is 63.5 Å². The Kier molecular flexibility index (Phi) is 7.53. The Hall–Kier alpha value is -3.41. The number of carbonyl (C=O) groups excluding carboxylic acids is 2. The third-order valence-electron chi connectivity index (χ3n) is 11.0. The Labute approximate surface area is 270 Å². The number of amides is 2. The number of methoxy groups -OCH3 is 1. The van der Waals surface area contributed by atoms with E-state index in [4.69, 9.17) is 4.74 Å². The zero-order valence-electron chi connectivity index (χ0n) is 27.1. The van der Waals surface area contributed by atoms with Crippen LogP contribution >= 0.6 is 0 Å². The average Bonchev–Trinajstić information content (AvgIpc) is 3.70. The number of rotatable bonds is 6. The van der Waals surface area contributed by atoms with Gasteiger partial charge in [0, 0.05) is 61.7 Å². The normalized spacial score (nSPS) is 24.1. The van der Waals surface area contributed by atoms with Crippen LogP contribution < -0.4 is 9.46 Å². The van der Waals surface area contributed by atoms with Crippen LogP contribution in [-0.4, -0.2) is 79.0 Å². The van der Waals surface area contributed by atoms with Gasteiger partial charge in [0.2, 0.25) is 5.91 Å². The summed E-state index contributed by atoms with van der Waals surface area (Å²) < 4.78 is 36.2. The zero-order valence-corrected chi connectivity index (χ0v) is 28.0. The third kappa shape index (κ3) is 5.11. The number of nitrogens with one attached hydrogen (secondary N) is 1. The van der Waals surface area contributed by atoms with E-state index >= 15 is 0 Å². The van der Waals surface area contributed by atoms with Crippen molar-refractivity contribution in [2.45, 2.75) is 82.3 Å². The molecule has 0 unspecified atom stereocenters. The van der Waals surface area contributed by atoms with Gasteiger partial charge in [0.25, 0.3) is 5.91 Å². The van der Waals surface area contributed by atoms with E-state index < -0.39 is 27.1 Å². The maximum Gasteiger partial charge on any atom is 0.303 e. The van der Waals surface area contributed by atoms with Gasteiger partial charge in [-0.25, -0.2) is 4.72 Å². The molecular formula is C35H44N4O6S. The summed E-state index contributed by atoms with van der Waals surface area (Å²) in [7, 11) is 0.437. The summed E-state index contributed by atoms with van der Waals surface area (Å²) in [6.07, 6.45) is 7.45. The molecular weight excluding hydrogens is 604 g/mol. The Morgan fingerprint density at radius 3 is 2.43 bits per heavy atom. The first-order valence-corrected chi connectivity index (χ1v) is 17.9. The Balaban J connectivity index is 1.42. The fourth-order valence-corrected chi connectivity index (χ4v) is 8.73. The third-order valence-corrected chi connectivity index (χ3v) is 12.4. The maximum absolute atomic E-state index is 14.6. The lowest BCUT2D eigenvalue weighted by Crippen LogP contribution is -2.48. The standard InChI is InChI=1S/C35H44N4O6S/c1-34(42)14-16-38(17-15-34)33(41)35-20-28(35)27-19-24(45-4)11-13-25(27)31-30(22-8-6-5-7-9-22)26-12-10-23(18-29(26)39(31)21-35)32(40)36-46(43,44)37(2)3/h10-13,18-19,22,28,42H,5-9,14-17,20-21H2,1-4H3,(H,36,40)/t28-,35-/m0/s1. The fraction of sp³-hybridized carbons (Fsp3) is 0.543. The molecule has 4 aliphatic rings. The minimum Gasteiger partial charge on any atom is -0.497 e. The van der Waals surface area contributed by atoms with E-state index in [1.165, 1.54) is 26.1 Å². The molecule has 2 atom stereocenters. The molecule has 0 radical (unpaired) electrons. The lowest BCUT2D eigenvalue weighted by molar-refractivity contribution is -0.141. The molecule has 3 heterocycles. The van der Waals surface area contributed by atoms with Crippen LogP contribution in [0, 0.1) is 5.41 Å². The first-order chi connectivity index (χ1) is 21.8. The topological polar surface area (TPSA) is 121 Å². The maximum atomic E-state index is 14.6. The number of ether oxygens (including phenoxy) is 1. The molecule has 1 aromatic heterocycles. The lowest BCUT2D eigenvalue weighted by Gasteiger charge is -2.38. The SMILES string of the molecule is COc1ccc2c(c1)[C@@H]1C[C@]1(C(=O)N1CCC(C)(O)CC1)Cn1c-2c(C2CCCCC2)c2ccc(C(=O)NS(=O)(=O)N(C)C)cc21. The number of aliphatic hydroxyl groups is 1. The highest BCUT2D eigenvalue weighted by Gasteiger charge is 2.64. The summed E-state index contributed by atoms with van der Waals surface area (Å²) >= 11 is 0. The first-order valence-electron chi connectivity index (χ1n) is 16.5. The van der Waals surface area contributed by atoms with Crippen LogP contribution in [0.1, 0.15) is 91.6 Å². The monoisotopic (exact) mass is 648 g/mol. The zero-order chi connectivity index (χ0) is 32.6. The number of carbonyl (C=O) groups is 2. The van der Waals surface area contributed by atoms with Crippen molar-refractivity contribution in [3.05, 3.63) is 53.1 Å². The van der Waals surface area contributed by atoms with Gasteiger partial charge >= 0.3 is 10.2 Å². The van der Waals surface area contributed by atoms with Gasteiger partial charge in [-0.05, 0) is 86.4 Å². The number of hydrogen-bond donors (Lipinski definition) is 2. The molecule has 3 aromatic rings. The van der Waals surface area contributed by atoms with Crippen molar-refractivity contribution in [2.24, 2.45) is 5.41 Å². The number of benzene rings is 2. The lowest BCUT2D eigenvalue weighted by atomic mass is 9.81. The summed E-state index contributed by atoms with van der Waals surface area (Å²) in [6.45, 7) is 3.33. The van der Waals surface area contributed by atoms with Crippen molar-refractivity contribution < 1.29 is 27.9 Å². The van der Waals surface area contributed by atoms with Crippen LogP contribution in [0.15, 0.2) is 36.4 Å². The van der Waals surface area contributed by atoms with Crippen molar-refractivity contribution >= 4 is 32.9 Å². The van der Waals surface area contributed by atoms with Crippen LogP contribution in [0.3, 0.4) is 0 Å². The summed E-state index contributed by atoms with van der Waals surface area (Å²) in [5.41, 5.74) is 4.22. The van der Waals surface area contributed by atoms with E-state index in [0.29, 0.717) is 44.8 Å².